The Morgan fingerprint density at radius 2 is 1.88 bits per heavy atom. The van der Waals surface area contributed by atoms with Gasteiger partial charge < -0.3 is 14.9 Å². The molecule has 9 nitrogen and oxygen atoms in total. The average Bonchev–Trinajstić information content (AvgIpc) is 3.78. The molecule has 0 bridgehead atoms. The first kappa shape index (κ1) is 30.3. The smallest absolute Gasteiger partial charge is 0.290 e. The molecule has 0 spiro atoms. The van der Waals surface area contributed by atoms with Gasteiger partial charge in [-0.15, -0.1) is 0 Å². The van der Waals surface area contributed by atoms with E-state index in [0.717, 1.165) is 44.1 Å². The number of nitrogens with zero attached hydrogens (tertiary/aromatic N) is 4. The van der Waals surface area contributed by atoms with Crippen molar-refractivity contribution >= 4 is 28.0 Å². The second-order valence-corrected chi connectivity index (χ2v) is 12.3. The molecule has 1 aliphatic carbocycles. The summed E-state index contributed by atoms with van der Waals surface area (Å²) in [4.78, 5) is 19.0. The zero-order chi connectivity index (χ0) is 29.6. The number of sulfonamides is 1. The van der Waals surface area contributed by atoms with Crippen LogP contribution in [0.5, 0.6) is 0 Å². The van der Waals surface area contributed by atoms with Crippen molar-refractivity contribution in [2.75, 3.05) is 36.8 Å². The number of piperidine rings is 1. The van der Waals surface area contributed by atoms with Crippen molar-refractivity contribution in [2.45, 2.75) is 54.9 Å². The van der Waals surface area contributed by atoms with Crippen LogP contribution in [-0.2, 0) is 21.2 Å². The molecule has 1 saturated carbocycles. The molecule has 0 unspecified atom stereocenters. The van der Waals surface area contributed by atoms with Crippen LogP contribution in [0.1, 0.15) is 49.1 Å². The van der Waals surface area contributed by atoms with E-state index < -0.39 is 26.6 Å². The molecule has 5 rings (SSSR count). The largest absolute Gasteiger partial charge is 0.483 e. The number of aryl methyl sites for hydroxylation is 1. The van der Waals surface area contributed by atoms with Gasteiger partial charge in [0.1, 0.15) is 23.8 Å². The fourth-order valence-corrected chi connectivity index (χ4v) is 6.58. The van der Waals surface area contributed by atoms with E-state index in [-0.39, 0.29) is 17.8 Å². The molecular weight excluding hydrogens is 552 g/mol. The Labute approximate surface area is 239 Å². The third-order valence-electron chi connectivity index (χ3n) is 7.82. The van der Waals surface area contributed by atoms with Gasteiger partial charge in [0.15, 0.2) is 4.90 Å². The van der Waals surface area contributed by atoms with Gasteiger partial charge in [-0.2, -0.15) is 0 Å². The van der Waals surface area contributed by atoms with Crippen LogP contribution in [0.2, 0.25) is 0 Å². The van der Waals surface area contributed by atoms with Gasteiger partial charge in [-0.05, 0) is 87.9 Å². The summed E-state index contributed by atoms with van der Waals surface area (Å²) in [6.45, 7) is 0.976. The van der Waals surface area contributed by atoms with Crippen LogP contribution in [0.3, 0.4) is 0 Å². The lowest BCUT2D eigenvalue weighted by Crippen LogP contribution is -2.56. The van der Waals surface area contributed by atoms with Gasteiger partial charge in [0.05, 0.1) is 0 Å². The lowest BCUT2D eigenvalue weighted by molar-refractivity contribution is -0.122. The van der Waals surface area contributed by atoms with Crippen molar-refractivity contribution < 1.29 is 27.1 Å². The summed E-state index contributed by atoms with van der Waals surface area (Å²) < 4.78 is 57.9. The van der Waals surface area contributed by atoms with Crippen molar-refractivity contribution in [3.8, 4) is 0 Å². The lowest BCUT2D eigenvalue weighted by atomic mass is 9.82. The van der Waals surface area contributed by atoms with E-state index in [1.54, 1.807) is 0 Å². The van der Waals surface area contributed by atoms with E-state index in [0.29, 0.717) is 24.7 Å². The molecule has 2 heterocycles. The molecule has 0 amide bonds. The predicted octanol–water partition coefficient (Wildman–Crippen LogP) is 4.67. The molecule has 1 aliphatic heterocycles. The number of rotatable bonds is 9. The van der Waals surface area contributed by atoms with Crippen LogP contribution in [0.25, 0.3) is 0 Å². The monoisotopic (exact) mass is 587 g/mol. The quantitative estimate of drug-likeness (QED) is 0.347. The van der Waals surface area contributed by atoms with Crippen LogP contribution in [-0.4, -0.2) is 67.6 Å². The summed E-state index contributed by atoms with van der Waals surface area (Å²) in [6.07, 6.45) is 8.67. The molecule has 220 valence electrons. The Bertz CT molecular complexity index is 1430. The van der Waals surface area contributed by atoms with E-state index in [9.17, 15) is 8.42 Å². The Morgan fingerprint density at radius 1 is 1.17 bits per heavy atom. The molecule has 41 heavy (non-hydrogen) atoms. The third kappa shape index (κ3) is 7.36. The number of likely N-dealkylation sites (N-methyl/N-ethyl adjacent to an activating group) is 1. The minimum absolute atomic E-state index is 0.0719. The predicted molar refractivity (Wildman–Crippen MR) is 152 cm³/mol. The Kier molecular flexibility index (Phi) is 9.54. The van der Waals surface area contributed by atoms with E-state index >= 15 is 8.78 Å². The maximum absolute atomic E-state index is 15.2. The van der Waals surface area contributed by atoms with Crippen LogP contribution < -0.4 is 9.62 Å². The second-order valence-electron chi connectivity index (χ2n) is 10.7. The minimum Gasteiger partial charge on any atom is -0.483 e. The number of carbonyl (C=O) groups is 1. The maximum Gasteiger partial charge on any atom is 0.290 e. The maximum atomic E-state index is 15.2. The fourth-order valence-electron chi connectivity index (χ4n) is 5.45. The highest BCUT2D eigenvalue weighted by molar-refractivity contribution is 7.92. The van der Waals surface area contributed by atoms with Gasteiger partial charge in [0.25, 0.3) is 16.5 Å². The van der Waals surface area contributed by atoms with Gasteiger partial charge in [-0.1, -0.05) is 24.3 Å². The number of carboxylic acid groups (broad SMARTS) is 1. The van der Waals surface area contributed by atoms with Gasteiger partial charge >= 0.3 is 0 Å². The lowest BCUT2D eigenvalue weighted by Gasteiger charge is -2.48. The number of nitrogens with one attached hydrogen (secondary N) is 1. The van der Waals surface area contributed by atoms with Crippen LogP contribution >= 0.6 is 0 Å². The van der Waals surface area contributed by atoms with E-state index in [1.165, 1.54) is 36.2 Å². The first-order valence-corrected chi connectivity index (χ1v) is 14.9. The Balaban J connectivity index is 0.00000124. The highest BCUT2D eigenvalue weighted by atomic mass is 32.2. The molecule has 2 N–H and O–H groups in total. The number of hydrogen-bond donors (Lipinski definition) is 2. The molecule has 0 radical (unpaired) electrons. The van der Waals surface area contributed by atoms with Crippen molar-refractivity contribution in [2.24, 2.45) is 0 Å². The summed E-state index contributed by atoms with van der Waals surface area (Å²) in [5, 5.41) is 6.89. The highest BCUT2D eigenvalue weighted by Gasteiger charge is 2.38. The van der Waals surface area contributed by atoms with Gasteiger partial charge in [-0.3, -0.25) is 9.52 Å². The standard InChI is InChI=1S/C28H33F2N5O2S.CH2O2/c1-34(2)28(12-9-20-5-3-6-22(15-20)21-7-8-21)11-4-14-35(18-28)23-16-24(29)27(25(30)17-23)38(36,37)33-26-10-13-31-19-32-26;2-1-3/h3,5-6,10,13,15-17,19,21H,4,7-9,11-12,14,18H2,1-2H3,(H,31,32,33);1H,(H,2,3)/t28-;/m0./s1. The molecule has 12 heteroatoms. The average molecular weight is 588 g/mol. The fraction of sp³-hybridized carbons (Fsp3) is 0.414. The van der Waals surface area contributed by atoms with Crippen LogP contribution in [0.4, 0.5) is 20.3 Å². The summed E-state index contributed by atoms with van der Waals surface area (Å²) in [5.74, 6) is -1.65. The first-order valence-electron chi connectivity index (χ1n) is 13.5. The number of benzene rings is 2. The minimum atomic E-state index is -4.52. The molecular formula is C29H35F2N5O4S. The number of aromatic nitrogens is 2. The molecule has 2 aromatic carbocycles. The van der Waals surface area contributed by atoms with Crippen LogP contribution in [0, 0.1) is 11.6 Å². The molecule has 2 fully saturated rings. The first-order chi connectivity index (χ1) is 19.6. The van der Waals surface area contributed by atoms with Gasteiger partial charge in [0.2, 0.25) is 0 Å². The normalized spacial score (nSPS) is 18.9. The van der Waals surface area contributed by atoms with Crippen molar-refractivity contribution in [1.29, 1.82) is 0 Å². The number of hydrogen-bond acceptors (Lipinski definition) is 7. The molecule has 3 aromatic rings. The van der Waals surface area contributed by atoms with E-state index in [2.05, 4.69) is 58.0 Å². The number of anilines is 2. The summed E-state index contributed by atoms with van der Waals surface area (Å²) in [5.41, 5.74) is 2.89. The van der Waals surface area contributed by atoms with Crippen molar-refractivity contribution in [1.82, 2.24) is 14.9 Å². The molecule has 1 saturated heterocycles. The molecule has 1 atom stereocenters. The Morgan fingerprint density at radius 3 is 2.49 bits per heavy atom. The summed E-state index contributed by atoms with van der Waals surface area (Å²) in [7, 11) is -0.409. The summed E-state index contributed by atoms with van der Waals surface area (Å²) in [6, 6.07) is 12.4. The number of halogens is 2. The second kappa shape index (κ2) is 12.9. The third-order valence-corrected chi connectivity index (χ3v) is 9.23. The highest BCUT2D eigenvalue weighted by Crippen LogP contribution is 2.40. The zero-order valence-corrected chi connectivity index (χ0v) is 23.9. The van der Waals surface area contributed by atoms with Gasteiger partial charge in [-0.25, -0.2) is 27.2 Å². The van der Waals surface area contributed by atoms with Crippen LogP contribution in [0.15, 0.2) is 59.9 Å². The summed E-state index contributed by atoms with van der Waals surface area (Å²) >= 11 is 0. The SMILES string of the molecule is CN(C)[C@]1(CCc2cccc(C3CC3)c2)CCCN(c2cc(F)c(S(=O)(=O)Nc3ccncn3)c(F)c2)C1.O=CO. The van der Waals surface area contributed by atoms with E-state index in [1.807, 2.05) is 4.90 Å². The molecule has 2 aliphatic rings. The Hall–Kier alpha value is -3.64. The van der Waals surface area contributed by atoms with E-state index in [4.69, 9.17) is 9.90 Å². The van der Waals surface area contributed by atoms with Gasteiger partial charge in [0, 0.05) is 30.5 Å². The van der Waals surface area contributed by atoms with Crippen molar-refractivity contribution in [3.63, 3.8) is 0 Å². The zero-order valence-electron chi connectivity index (χ0n) is 23.1. The molecule has 1 aromatic heterocycles. The van der Waals surface area contributed by atoms with Crippen molar-refractivity contribution in [3.05, 3.63) is 77.8 Å². The topological polar surface area (TPSA) is 116 Å².